The number of aliphatic hydroxyl groups excluding tert-OH is 1. The molecule has 0 atom stereocenters. The van der Waals surface area contributed by atoms with Gasteiger partial charge in [0.2, 0.25) is 0 Å². The number of thioether (sulfide) groups is 1. The molecule has 2 nitrogen and oxygen atoms in total. The molecule has 0 bridgehead atoms. The molecule has 0 aromatic heterocycles. The minimum absolute atomic E-state index is 0.318. The summed E-state index contributed by atoms with van der Waals surface area (Å²) < 4.78 is 0. The van der Waals surface area contributed by atoms with Gasteiger partial charge in [-0.25, -0.2) is 0 Å². The Morgan fingerprint density at radius 1 is 1.07 bits per heavy atom. The smallest absolute Gasteiger partial charge is 0.0452 e. The first-order chi connectivity index (χ1) is 7.34. The minimum Gasteiger partial charge on any atom is -0.398 e. The first-order valence-electron chi connectivity index (χ1n) is 5.43. The van der Waals surface area contributed by atoms with Gasteiger partial charge in [-0.15, -0.1) is 11.8 Å². The van der Waals surface area contributed by atoms with Crippen molar-refractivity contribution in [3.05, 3.63) is 24.3 Å². The van der Waals surface area contributed by atoms with Crippen molar-refractivity contribution < 1.29 is 5.11 Å². The van der Waals surface area contributed by atoms with Crippen LogP contribution in [0.3, 0.4) is 0 Å². The van der Waals surface area contributed by atoms with Crippen LogP contribution in [0.25, 0.3) is 0 Å². The van der Waals surface area contributed by atoms with E-state index in [9.17, 15) is 0 Å². The molecule has 0 spiro atoms. The molecule has 0 aliphatic rings. The predicted molar refractivity (Wildman–Crippen MR) is 67.1 cm³/mol. The molecular formula is C12H19NOS. The third kappa shape index (κ3) is 5.09. The van der Waals surface area contributed by atoms with Gasteiger partial charge in [-0.3, -0.25) is 0 Å². The quantitative estimate of drug-likeness (QED) is 0.426. The molecule has 1 aromatic carbocycles. The highest BCUT2D eigenvalue weighted by molar-refractivity contribution is 7.99. The summed E-state index contributed by atoms with van der Waals surface area (Å²) >= 11 is 1.82. The molecule has 0 amide bonds. The van der Waals surface area contributed by atoms with Gasteiger partial charge in [0.05, 0.1) is 0 Å². The number of nitrogen functional groups attached to an aromatic ring is 1. The lowest BCUT2D eigenvalue weighted by Gasteiger charge is -2.04. The summed E-state index contributed by atoms with van der Waals surface area (Å²) in [6.45, 7) is 0.318. The summed E-state index contributed by atoms with van der Waals surface area (Å²) in [4.78, 5) is 1.18. The van der Waals surface area contributed by atoms with Crippen molar-refractivity contribution in [1.82, 2.24) is 0 Å². The van der Waals surface area contributed by atoms with E-state index < -0.39 is 0 Å². The molecule has 15 heavy (non-hydrogen) atoms. The van der Waals surface area contributed by atoms with Gasteiger partial charge in [0.1, 0.15) is 0 Å². The molecular weight excluding hydrogens is 206 g/mol. The maximum Gasteiger partial charge on any atom is 0.0452 e. The topological polar surface area (TPSA) is 46.2 Å². The van der Waals surface area contributed by atoms with E-state index in [0.29, 0.717) is 6.61 Å². The fraction of sp³-hybridized carbons (Fsp3) is 0.500. The molecule has 0 heterocycles. The van der Waals surface area contributed by atoms with Gasteiger partial charge in [0, 0.05) is 17.2 Å². The molecule has 0 unspecified atom stereocenters. The van der Waals surface area contributed by atoms with E-state index in [1.165, 1.54) is 17.7 Å². The highest BCUT2D eigenvalue weighted by atomic mass is 32.2. The average Bonchev–Trinajstić information content (AvgIpc) is 2.25. The molecule has 0 saturated carbocycles. The molecule has 3 heteroatoms. The van der Waals surface area contributed by atoms with Crippen LogP contribution < -0.4 is 5.73 Å². The standard InChI is InChI=1S/C12H19NOS/c13-11-7-3-4-8-12(11)15-10-6-2-1-5-9-14/h3-4,7-8,14H,1-2,5-6,9-10,13H2. The number of unbranched alkanes of at least 4 members (excludes halogenated alkanes) is 3. The van der Waals surface area contributed by atoms with Crippen LogP contribution in [0.1, 0.15) is 25.7 Å². The zero-order valence-corrected chi connectivity index (χ0v) is 9.80. The van der Waals surface area contributed by atoms with Gasteiger partial charge in [-0.1, -0.05) is 25.0 Å². The van der Waals surface area contributed by atoms with Crippen molar-refractivity contribution >= 4 is 17.4 Å². The Labute approximate surface area is 95.9 Å². The van der Waals surface area contributed by atoms with Crippen LogP contribution in [0.2, 0.25) is 0 Å². The maximum absolute atomic E-state index is 8.62. The third-order valence-electron chi connectivity index (χ3n) is 2.23. The fourth-order valence-electron chi connectivity index (χ4n) is 1.36. The van der Waals surface area contributed by atoms with E-state index in [0.717, 1.165) is 24.3 Å². The first-order valence-corrected chi connectivity index (χ1v) is 6.41. The number of aliphatic hydroxyl groups is 1. The average molecular weight is 225 g/mol. The van der Waals surface area contributed by atoms with Crippen LogP contribution >= 0.6 is 11.8 Å². The Morgan fingerprint density at radius 2 is 1.80 bits per heavy atom. The molecule has 1 aromatic rings. The maximum atomic E-state index is 8.62. The lowest BCUT2D eigenvalue weighted by molar-refractivity contribution is 0.283. The van der Waals surface area contributed by atoms with E-state index in [-0.39, 0.29) is 0 Å². The number of anilines is 1. The van der Waals surface area contributed by atoms with E-state index in [1.807, 2.05) is 30.0 Å². The van der Waals surface area contributed by atoms with Crippen molar-refractivity contribution in [2.75, 3.05) is 18.1 Å². The normalized spacial score (nSPS) is 10.5. The van der Waals surface area contributed by atoms with Gasteiger partial charge >= 0.3 is 0 Å². The lowest BCUT2D eigenvalue weighted by Crippen LogP contribution is -1.89. The largest absolute Gasteiger partial charge is 0.398 e. The molecule has 3 N–H and O–H groups in total. The van der Waals surface area contributed by atoms with E-state index >= 15 is 0 Å². The van der Waals surface area contributed by atoms with Gasteiger partial charge in [0.15, 0.2) is 0 Å². The molecule has 0 aliphatic heterocycles. The zero-order valence-electron chi connectivity index (χ0n) is 8.98. The zero-order chi connectivity index (χ0) is 10.9. The van der Waals surface area contributed by atoms with Crippen LogP contribution in [0.5, 0.6) is 0 Å². The Morgan fingerprint density at radius 3 is 2.53 bits per heavy atom. The third-order valence-corrected chi connectivity index (χ3v) is 3.40. The predicted octanol–water partition coefficient (Wildman–Crippen LogP) is 2.91. The second kappa shape index (κ2) is 7.60. The number of hydrogen-bond acceptors (Lipinski definition) is 3. The summed E-state index contributed by atoms with van der Waals surface area (Å²) in [5.74, 6) is 1.11. The van der Waals surface area contributed by atoms with Crippen LogP contribution in [0, 0.1) is 0 Å². The number of nitrogens with two attached hydrogens (primary N) is 1. The lowest BCUT2D eigenvalue weighted by atomic mass is 10.2. The summed E-state index contributed by atoms with van der Waals surface area (Å²) in [6.07, 6.45) is 4.44. The van der Waals surface area contributed by atoms with Crippen molar-refractivity contribution in [2.24, 2.45) is 0 Å². The number of hydrogen-bond donors (Lipinski definition) is 2. The Hall–Kier alpha value is -0.670. The van der Waals surface area contributed by atoms with E-state index in [2.05, 4.69) is 6.07 Å². The molecule has 1 rings (SSSR count). The second-order valence-corrected chi connectivity index (χ2v) is 4.66. The summed E-state index contributed by atoms with van der Waals surface area (Å²) in [5.41, 5.74) is 6.70. The van der Waals surface area contributed by atoms with E-state index in [1.54, 1.807) is 0 Å². The van der Waals surface area contributed by atoms with Gasteiger partial charge < -0.3 is 10.8 Å². The molecule has 84 valence electrons. The summed E-state index contributed by atoms with van der Waals surface area (Å²) in [5, 5.41) is 8.62. The van der Waals surface area contributed by atoms with Crippen LogP contribution in [-0.4, -0.2) is 17.5 Å². The molecule has 0 fully saturated rings. The van der Waals surface area contributed by atoms with Crippen molar-refractivity contribution in [2.45, 2.75) is 30.6 Å². The SMILES string of the molecule is Nc1ccccc1SCCCCCCO. The number of rotatable bonds is 7. The van der Waals surface area contributed by atoms with E-state index in [4.69, 9.17) is 10.8 Å². The summed E-state index contributed by atoms with van der Waals surface area (Å²) in [6, 6.07) is 7.98. The van der Waals surface area contributed by atoms with Crippen molar-refractivity contribution in [1.29, 1.82) is 0 Å². The first kappa shape index (κ1) is 12.4. The molecule has 0 aliphatic carbocycles. The molecule has 0 saturated heterocycles. The Balaban J connectivity index is 2.12. The van der Waals surface area contributed by atoms with Crippen LogP contribution in [0.4, 0.5) is 5.69 Å². The number of para-hydroxylation sites is 1. The van der Waals surface area contributed by atoms with Crippen LogP contribution in [0.15, 0.2) is 29.2 Å². The van der Waals surface area contributed by atoms with Crippen molar-refractivity contribution in [3.63, 3.8) is 0 Å². The second-order valence-electron chi connectivity index (χ2n) is 3.52. The van der Waals surface area contributed by atoms with Gasteiger partial charge in [-0.2, -0.15) is 0 Å². The fourth-order valence-corrected chi connectivity index (χ4v) is 2.34. The van der Waals surface area contributed by atoms with Crippen LogP contribution in [-0.2, 0) is 0 Å². The highest BCUT2D eigenvalue weighted by Gasteiger charge is 1.97. The number of benzene rings is 1. The Bertz CT molecular complexity index is 278. The molecule has 0 radical (unpaired) electrons. The van der Waals surface area contributed by atoms with Gasteiger partial charge in [-0.05, 0) is 30.7 Å². The Kier molecular flexibility index (Phi) is 6.28. The van der Waals surface area contributed by atoms with Crippen molar-refractivity contribution in [3.8, 4) is 0 Å². The van der Waals surface area contributed by atoms with Gasteiger partial charge in [0.25, 0.3) is 0 Å². The highest BCUT2D eigenvalue weighted by Crippen LogP contribution is 2.25. The summed E-state index contributed by atoms with van der Waals surface area (Å²) in [7, 11) is 0. The minimum atomic E-state index is 0.318. The monoisotopic (exact) mass is 225 g/mol.